The third-order valence-electron chi connectivity index (χ3n) is 4.04. The molecule has 0 aliphatic carbocycles. The number of hydrogen-bond acceptors (Lipinski definition) is 3. The quantitative estimate of drug-likeness (QED) is 0.436. The topological polar surface area (TPSA) is 46.9 Å². The maximum Gasteiger partial charge on any atom is 0.265 e. The van der Waals surface area contributed by atoms with E-state index in [0.29, 0.717) is 20.6 Å². The van der Waals surface area contributed by atoms with Gasteiger partial charge in [0.25, 0.3) is 5.91 Å². The second-order valence-electron chi connectivity index (χ2n) is 5.85. The van der Waals surface area contributed by atoms with Gasteiger partial charge >= 0.3 is 0 Å². The Balaban J connectivity index is 1.72. The highest BCUT2D eigenvalue weighted by atomic mass is 35.5. The molecule has 2 aromatic heterocycles. The molecule has 0 saturated heterocycles. The number of rotatable bonds is 3. The molecule has 0 saturated carbocycles. The summed E-state index contributed by atoms with van der Waals surface area (Å²) in [7, 11) is 0. The molecule has 0 spiro atoms. The van der Waals surface area contributed by atoms with Crippen molar-refractivity contribution in [2.75, 3.05) is 5.32 Å². The number of aromatic nitrogens is 2. The van der Waals surface area contributed by atoms with Crippen molar-refractivity contribution in [1.82, 2.24) is 9.78 Å². The summed E-state index contributed by atoms with van der Waals surface area (Å²) >= 11 is 13.5. The van der Waals surface area contributed by atoms with Gasteiger partial charge in [-0.05, 0) is 49.4 Å². The summed E-state index contributed by atoms with van der Waals surface area (Å²) in [4.78, 5) is 14.0. The molecule has 0 bridgehead atoms. The fourth-order valence-corrected chi connectivity index (χ4v) is 4.28. The van der Waals surface area contributed by atoms with Crippen LogP contribution in [0.2, 0.25) is 10.0 Å². The molecule has 0 atom stereocenters. The molecule has 27 heavy (non-hydrogen) atoms. The van der Waals surface area contributed by atoms with Crippen LogP contribution >= 0.6 is 34.5 Å². The smallest absolute Gasteiger partial charge is 0.265 e. The first-order chi connectivity index (χ1) is 12.9. The minimum atomic E-state index is -0.318. The van der Waals surface area contributed by atoms with E-state index in [-0.39, 0.29) is 11.7 Å². The van der Waals surface area contributed by atoms with E-state index in [2.05, 4.69) is 10.4 Å². The molecule has 4 rings (SSSR count). The number of amides is 1. The molecule has 136 valence electrons. The van der Waals surface area contributed by atoms with Gasteiger partial charge in [0, 0.05) is 5.39 Å². The number of thiophene rings is 1. The Morgan fingerprint density at radius 1 is 1.15 bits per heavy atom. The Morgan fingerprint density at radius 2 is 1.81 bits per heavy atom. The Morgan fingerprint density at radius 3 is 2.48 bits per heavy atom. The van der Waals surface area contributed by atoms with E-state index in [4.69, 9.17) is 23.2 Å². The van der Waals surface area contributed by atoms with E-state index in [1.807, 2.05) is 6.92 Å². The lowest BCUT2D eigenvalue weighted by Gasteiger charge is -2.07. The summed E-state index contributed by atoms with van der Waals surface area (Å²) < 4.78 is 14.9. The van der Waals surface area contributed by atoms with E-state index in [1.165, 1.54) is 23.5 Å². The summed E-state index contributed by atoms with van der Waals surface area (Å²) in [5.41, 5.74) is 1.87. The zero-order valence-corrected chi connectivity index (χ0v) is 16.3. The minimum absolute atomic E-state index is 0.309. The Hall–Kier alpha value is -2.41. The number of para-hydroxylation sites is 1. The average Bonchev–Trinajstić information content (AvgIpc) is 3.20. The summed E-state index contributed by atoms with van der Waals surface area (Å²) in [5, 5.41) is 8.85. The van der Waals surface area contributed by atoms with Crippen molar-refractivity contribution in [3.05, 3.63) is 75.0 Å². The molecule has 0 aliphatic heterocycles. The molecule has 1 amide bonds. The predicted molar refractivity (Wildman–Crippen MR) is 108 cm³/mol. The fraction of sp³-hybridized carbons (Fsp3) is 0.0526. The van der Waals surface area contributed by atoms with Crippen molar-refractivity contribution in [2.24, 2.45) is 0 Å². The molecule has 0 radical (unpaired) electrons. The number of fused-ring (bicyclic) bond motifs is 1. The van der Waals surface area contributed by atoms with E-state index in [1.54, 1.807) is 41.1 Å². The highest BCUT2D eigenvalue weighted by Crippen LogP contribution is 2.33. The zero-order chi connectivity index (χ0) is 19.1. The fourth-order valence-electron chi connectivity index (χ4n) is 2.71. The average molecular weight is 420 g/mol. The zero-order valence-electron chi connectivity index (χ0n) is 14.0. The third kappa shape index (κ3) is 3.32. The third-order valence-corrected chi connectivity index (χ3v) is 5.78. The molecular weight excluding hydrogens is 408 g/mol. The molecule has 4 nitrogen and oxygen atoms in total. The van der Waals surface area contributed by atoms with Gasteiger partial charge in [0.15, 0.2) is 0 Å². The van der Waals surface area contributed by atoms with Gasteiger partial charge < -0.3 is 5.32 Å². The molecule has 0 unspecified atom stereocenters. The molecule has 0 fully saturated rings. The van der Waals surface area contributed by atoms with Crippen molar-refractivity contribution >= 4 is 56.3 Å². The van der Waals surface area contributed by atoms with E-state index >= 15 is 0 Å². The maximum atomic E-state index is 13.2. The Bertz CT molecular complexity index is 1150. The summed E-state index contributed by atoms with van der Waals surface area (Å²) in [5.74, 6) is -0.627. The van der Waals surface area contributed by atoms with Crippen LogP contribution < -0.4 is 5.32 Å². The molecule has 8 heteroatoms. The van der Waals surface area contributed by atoms with Gasteiger partial charge in [-0.2, -0.15) is 5.10 Å². The molecule has 4 aromatic rings. The largest absolute Gasteiger partial charge is 0.319 e. The lowest BCUT2D eigenvalue weighted by atomic mass is 10.3. The number of carbonyl (C=O) groups excluding carboxylic acids is 1. The molecule has 2 aromatic carbocycles. The molecular formula is C19H12Cl2FN3OS. The second-order valence-corrected chi connectivity index (χ2v) is 7.70. The minimum Gasteiger partial charge on any atom is -0.319 e. The highest BCUT2D eigenvalue weighted by Gasteiger charge is 2.18. The maximum absolute atomic E-state index is 13.2. The Kier molecular flexibility index (Phi) is 4.63. The van der Waals surface area contributed by atoms with Crippen LogP contribution in [-0.2, 0) is 0 Å². The monoisotopic (exact) mass is 419 g/mol. The summed E-state index contributed by atoms with van der Waals surface area (Å²) in [6.45, 7) is 1.86. The highest BCUT2D eigenvalue weighted by molar-refractivity contribution is 7.20. The SMILES string of the molecule is Cc1nn(-c2ccc(F)cc2)c2sc(C(=O)Nc3c(Cl)cccc3Cl)cc12. The lowest BCUT2D eigenvalue weighted by Crippen LogP contribution is -2.11. The van der Waals surface area contributed by atoms with Gasteiger partial charge in [-0.3, -0.25) is 4.79 Å². The van der Waals surface area contributed by atoms with Crippen LogP contribution in [0.5, 0.6) is 0 Å². The van der Waals surface area contributed by atoms with Crippen LogP contribution in [0.4, 0.5) is 10.1 Å². The second kappa shape index (κ2) is 6.96. The lowest BCUT2D eigenvalue weighted by molar-refractivity contribution is 0.103. The van der Waals surface area contributed by atoms with Crippen LogP contribution in [-0.4, -0.2) is 15.7 Å². The van der Waals surface area contributed by atoms with Gasteiger partial charge in [0.2, 0.25) is 0 Å². The first-order valence-electron chi connectivity index (χ1n) is 7.94. The molecule has 0 aliphatic rings. The first kappa shape index (κ1) is 18.0. The van der Waals surface area contributed by atoms with Crippen molar-refractivity contribution < 1.29 is 9.18 Å². The summed E-state index contributed by atoms with van der Waals surface area (Å²) in [6, 6.07) is 12.8. The number of halogens is 3. The number of benzene rings is 2. The number of anilines is 1. The summed E-state index contributed by atoms with van der Waals surface area (Å²) in [6.07, 6.45) is 0. The number of nitrogens with zero attached hydrogens (tertiary/aromatic N) is 2. The van der Waals surface area contributed by atoms with Crippen molar-refractivity contribution in [2.45, 2.75) is 6.92 Å². The van der Waals surface area contributed by atoms with Crippen LogP contribution in [0, 0.1) is 12.7 Å². The van der Waals surface area contributed by atoms with Crippen molar-refractivity contribution in [3.8, 4) is 5.69 Å². The van der Waals surface area contributed by atoms with Gasteiger partial charge in [-0.1, -0.05) is 29.3 Å². The van der Waals surface area contributed by atoms with E-state index in [0.717, 1.165) is 21.6 Å². The van der Waals surface area contributed by atoms with Crippen LogP contribution in [0.15, 0.2) is 48.5 Å². The normalized spacial score (nSPS) is 11.1. The number of nitrogens with one attached hydrogen (secondary N) is 1. The molecule has 1 N–H and O–H groups in total. The van der Waals surface area contributed by atoms with E-state index in [9.17, 15) is 9.18 Å². The van der Waals surface area contributed by atoms with Gasteiger partial charge in [-0.25, -0.2) is 9.07 Å². The van der Waals surface area contributed by atoms with Crippen LogP contribution in [0.3, 0.4) is 0 Å². The van der Waals surface area contributed by atoms with Crippen molar-refractivity contribution in [3.63, 3.8) is 0 Å². The van der Waals surface area contributed by atoms with Gasteiger partial charge in [-0.15, -0.1) is 11.3 Å². The predicted octanol–water partition coefficient (Wildman–Crippen LogP) is 6.09. The van der Waals surface area contributed by atoms with Gasteiger partial charge in [0.05, 0.1) is 32.0 Å². The van der Waals surface area contributed by atoms with Crippen molar-refractivity contribution in [1.29, 1.82) is 0 Å². The first-order valence-corrected chi connectivity index (χ1v) is 9.52. The molecule has 2 heterocycles. The number of hydrogen-bond donors (Lipinski definition) is 1. The Labute approximate surface area is 168 Å². The number of carbonyl (C=O) groups is 1. The van der Waals surface area contributed by atoms with Crippen LogP contribution in [0.25, 0.3) is 15.9 Å². The standard InChI is InChI=1S/C19H12Cl2FN3OS/c1-10-13-9-16(18(26)23-17-14(20)3-2-4-15(17)21)27-19(13)25(24-10)12-7-5-11(22)6-8-12/h2-9H,1H3,(H,23,26). The van der Waals surface area contributed by atoms with Gasteiger partial charge in [0.1, 0.15) is 10.6 Å². The van der Waals surface area contributed by atoms with E-state index < -0.39 is 0 Å². The number of aryl methyl sites for hydroxylation is 1. The van der Waals surface area contributed by atoms with Crippen LogP contribution in [0.1, 0.15) is 15.4 Å².